The number of benzene rings is 1. The van der Waals surface area contributed by atoms with Crippen molar-refractivity contribution >= 4 is 26.0 Å². The highest BCUT2D eigenvalue weighted by atomic mass is 79.9. The van der Waals surface area contributed by atoms with Crippen molar-refractivity contribution < 1.29 is 13.2 Å². The third-order valence-corrected chi connectivity index (χ3v) is 5.15. The fraction of sp³-hybridized carbons (Fsp3) is 0.538. The van der Waals surface area contributed by atoms with E-state index < -0.39 is 10.0 Å². The fourth-order valence-electron chi connectivity index (χ4n) is 1.51. The molecule has 4 nitrogen and oxygen atoms in total. The van der Waals surface area contributed by atoms with Gasteiger partial charge in [-0.25, -0.2) is 12.7 Å². The van der Waals surface area contributed by atoms with E-state index in [4.69, 9.17) is 4.74 Å². The summed E-state index contributed by atoms with van der Waals surface area (Å²) in [6, 6.07) is 7.60. The summed E-state index contributed by atoms with van der Waals surface area (Å²) in [4.78, 5) is 0. The summed E-state index contributed by atoms with van der Waals surface area (Å²) in [5.74, 6) is 0.00608. The van der Waals surface area contributed by atoms with E-state index in [1.54, 1.807) is 7.05 Å². The highest BCUT2D eigenvalue weighted by Gasteiger charge is 2.18. The lowest BCUT2D eigenvalue weighted by atomic mass is 10.2. The maximum atomic E-state index is 12.1. The van der Waals surface area contributed by atoms with E-state index in [2.05, 4.69) is 15.9 Å². The van der Waals surface area contributed by atoms with E-state index in [0.717, 1.165) is 10.0 Å². The first-order chi connectivity index (χ1) is 8.83. The Kier molecular flexibility index (Phi) is 6.46. The molecule has 0 bridgehead atoms. The van der Waals surface area contributed by atoms with Crippen molar-refractivity contribution in [3.63, 3.8) is 0 Å². The van der Waals surface area contributed by atoms with Gasteiger partial charge in [0, 0.05) is 18.1 Å². The average molecular weight is 350 g/mol. The molecule has 1 aromatic carbocycles. The molecular weight excluding hydrogens is 330 g/mol. The largest absolute Gasteiger partial charge is 0.378 e. The molecule has 0 heterocycles. The third kappa shape index (κ3) is 5.60. The second-order valence-electron chi connectivity index (χ2n) is 4.58. The van der Waals surface area contributed by atoms with Gasteiger partial charge in [0.25, 0.3) is 0 Å². The van der Waals surface area contributed by atoms with Crippen LogP contribution in [0.3, 0.4) is 0 Å². The van der Waals surface area contributed by atoms with E-state index in [9.17, 15) is 8.42 Å². The summed E-state index contributed by atoms with van der Waals surface area (Å²) < 4.78 is 31.7. The van der Waals surface area contributed by atoms with Gasteiger partial charge in [-0.15, -0.1) is 0 Å². The molecule has 0 aliphatic rings. The van der Waals surface area contributed by atoms with E-state index >= 15 is 0 Å². The Bertz CT molecular complexity index is 502. The fourth-order valence-corrected chi connectivity index (χ4v) is 2.87. The van der Waals surface area contributed by atoms with Crippen LogP contribution in [0.2, 0.25) is 0 Å². The zero-order valence-corrected chi connectivity index (χ0v) is 13.9. The van der Waals surface area contributed by atoms with Gasteiger partial charge >= 0.3 is 0 Å². The van der Waals surface area contributed by atoms with E-state index in [-0.39, 0.29) is 18.5 Å². The smallest absolute Gasteiger partial charge is 0.216 e. The predicted octanol–water partition coefficient (Wildman–Crippen LogP) is 2.64. The number of rotatable bonds is 7. The van der Waals surface area contributed by atoms with Gasteiger partial charge in [-0.1, -0.05) is 34.1 Å². The molecule has 6 heteroatoms. The van der Waals surface area contributed by atoms with Crippen molar-refractivity contribution in [2.45, 2.75) is 26.5 Å². The highest BCUT2D eigenvalue weighted by Crippen LogP contribution is 2.18. The van der Waals surface area contributed by atoms with E-state index in [1.807, 2.05) is 38.1 Å². The zero-order chi connectivity index (χ0) is 14.5. The lowest BCUT2D eigenvalue weighted by Gasteiger charge is -2.18. The summed E-state index contributed by atoms with van der Waals surface area (Å²) in [6.07, 6.45) is 0.0452. The van der Waals surface area contributed by atoms with E-state index in [0.29, 0.717) is 6.54 Å². The van der Waals surface area contributed by atoms with Crippen LogP contribution in [0.25, 0.3) is 0 Å². The van der Waals surface area contributed by atoms with Crippen molar-refractivity contribution in [1.29, 1.82) is 0 Å². The molecular formula is C13H20BrNO3S. The van der Waals surface area contributed by atoms with Crippen molar-refractivity contribution in [3.05, 3.63) is 34.3 Å². The third-order valence-electron chi connectivity index (χ3n) is 2.62. The molecule has 0 aromatic heterocycles. The van der Waals surface area contributed by atoms with Crippen LogP contribution in [0.4, 0.5) is 0 Å². The molecule has 0 amide bonds. The molecule has 0 fully saturated rings. The molecule has 0 aliphatic heterocycles. The summed E-state index contributed by atoms with van der Waals surface area (Å²) in [5, 5.41) is 0. The first-order valence-electron chi connectivity index (χ1n) is 6.12. The van der Waals surface area contributed by atoms with Gasteiger partial charge < -0.3 is 4.74 Å². The Labute approximate surface area is 123 Å². The van der Waals surface area contributed by atoms with Gasteiger partial charge in [-0.2, -0.15) is 0 Å². The quantitative estimate of drug-likeness (QED) is 0.760. The SMILES string of the molecule is CC(C)OCCS(=O)(=O)N(C)Cc1ccccc1Br. The molecule has 0 N–H and O–H groups in total. The molecule has 1 rings (SSSR count). The number of nitrogens with zero attached hydrogens (tertiary/aromatic N) is 1. The zero-order valence-electron chi connectivity index (χ0n) is 11.5. The predicted molar refractivity (Wildman–Crippen MR) is 80.5 cm³/mol. The van der Waals surface area contributed by atoms with Crippen LogP contribution >= 0.6 is 15.9 Å². The van der Waals surface area contributed by atoms with Gasteiger partial charge in [0.1, 0.15) is 0 Å². The van der Waals surface area contributed by atoms with Crippen molar-refractivity contribution in [3.8, 4) is 0 Å². The van der Waals surface area contributed by atoms with Crippen LogP contribution in [0.15, 0.2) is 28.7 Å². The summed E-state index contributed by atoms with van der Waals surface area (Å²) >= 11 is 3.42. The number of hydrogen-bond donors (Lipinski definition) is 0. The number of halogens is 1. The number of hydrogen-bond acceptors (Lipinski definition) is 3. The van der Waals surface area contributed by atoms with Crippen LogP contribution in [-0.2, 0) is 21.3 Å². The Hall–Kier alpha value is -0.430. The molecule has 19 heavy (non-hydrogen) atoms. The maximum absolute atomic E-state index is 12.1. The van der Waals surface area contributed by atoms with E-state index in [1.165, 1.54) is 4.31 Å². The Morgan fingerprint density at radius 2 is 1.95 bits per heavy atom. The summed E-state index contributed by atoms with van der Waals surface area (Å²) in [5.41, 5.74) is 0.943. The maximum Gasteiger partial charge on any atom is 0.216 e. The molecule has 0 atom stereocenters. The molecule has 0 unspecified atom stereocenters. The van der Waals surface area contributed by atoms with Crippen molar-refractivity contribution in [2.24, 2.45) is 0 Å². The first-order valence-corrected chi connectivity index (χ1v) is 8.52. The normalized spacial score (nSPS) is 12.3. The van der Waals surface area contributed by atoms with Gasteiger partial charge in [-0.3, -0.25) is 0 Å². The Balaban J connectivity index is 2.61. The molecule has 0 radical (unpaired) electrons. The topological polar surface area (TPSA) is 46.6 Å². The number of sulfonamides is 1. The van der Waals surface area contributed by atoms with Gasteiger partial charge in [0.15, 0.2) is 0 Å². The minimum Gasteiger partial charge on any atom is -0.378 e. The van der Waals surface area contributed by atoms with Crippen molar-refractivity contribution in [1.82, 2.24) is 4.31 Å². The van der Waals surface area contributed by atoms with Crippen LogP contribution in [0.1, 0.15) is 19.4 Å². The molecule has 0 aliphatic carbocycles. The first kappa shape index (κ1) is 16.6. The average Bonchev–Trinajstić information content (AvgIpc) is 2.31. The van der Waals surface area contributed by atoms with Crippen LogP contribution in [-0.4, -0.2) is 38.2 Å². The minimum absolute atomic E-state index is 0.00608. The monoisotopic (exact) mass is 349 g/mol. The molecule has 0 saturated carbocycles. The standard InChI is InChI=1S/C13H20BrNO3S/c1-11(2)18-8-9-19(16,17)15(3)10-12-6-4-5-7-13(12)14/h4-7,11H,8-10H2,1-3H3. The number of ether oxygens (including phenoxy) is 1. The molecule has 1 aromatic rings. The van der Waals surface area contributed by atoms with Crippen LogP contribution < -0.4 is 0 Å². The van der Waals surface area contributed by atoms with Crippen LogP contribution in [0, 0.1) is 0 Å². The minimum atomic E-state index is -3.28. The second kappa shape index (κ2) is 7.38. The molecule has 0 spiro atoms. The van der Waals surface area contributed by atoms with Crippen molar-refractivity contribution in [2.75, 3.05) is 19.4 Å². The van der Waals surface area contributed by atoms with Gasteiger partial charge in [0.2, 0.25) is 10.0 Å². The summed E-state index contributed by atoms with van der Waals surface area (Å²) in [6.45, 7) is 4.35. The second-order valence-corrected chi connectivity index (χ2v) is 7.63. The Morgan fingerprint density at radius 3 is 2.53 bits per heavy atom. The van der Waals surface area contributed by atoms with Crippen LogP contribution in [0.5, 0.6) is 0 Å². The lowest BCUT2D eigenvalue weighted by molar-refractivity contribution is 0.0907. The van der Waals surface area contributed by atoms with Gasteiger partial charge in [0.05, 0.1) is 18.5 Å². The lowest BCUT2D eigenvalue weighted by Crippen LogP contribution is -2.31. The van der Waals surface area contributed by atoms with Gasteiger partial charge in [-0.05, 0) is 25.5 Å². The summed E-state index contributed by atoms with van der Waals surface area (Å²) in [7, 11) is -1.70. The highest BCUT2D eigenvalue weighted by molar-refractivity contribution is 9.10. The molecule has 108 valence electrons. The Morgan fingerprint density at radius 1 is 1.32 bits per heavy atom. The molecule has 0 saturated heterocycles.